The summed E-state index contributed by atoms with van der Waals surface area (Å²) in [4.78, 5) is 8.15. The number of nitrogens with zero attached hydrogens (tertiary/aromatic N) is 2. The smallest absolute Gasteiger partial charge is 0.232 e. The van der Waals surface area contributed by atoms with Crippen molar-refractivity contribution in [2.45, 2.75) is 12.8 Å². The van der Waals surface area contributed by atoms with Gasteiger partial charge >= 0.3 is 0 Å². The topological polar surface area (TPSA) is 81.3 Å². The molecule has 0 saturated carbocycles. The standard InChI is InChI=1S/C9H15N3O2/c1-2-14-9-5-11-4-8(12-9)7(3-10)6-13/h4-5,7,13H,2-3,6,10H2,1H3. The van der Waals surface area contributed by atoms with Crippen molar-refractivity contribution in [3.8, 4) is 5.88 Å². The fraction of sp³-hybridized carbons (Fsp3) is 0.556. The third kappa shape index (κ3) is 2.65. The molecule has 0 aromatic carbocycles. The third-order valence-electron chi connectivity index (χ3n) is 1.85. The van der Waals surface area contributed by atoms with Crippen LogP contribution >= 0.6 is 0 Å². The van der Waals surface area contributed by atoms with Gasteiger partial charge in [-0.1, -0.05) is 0 Å². The van der Waals surface area contributed by atoms with Crippen molar-refractivity contribution >= 4 is 0 Å². The van der Waals surface area contributed by atoms with Crippen molar-refractivity contribution in [3.63, 3.8) is 0 Å². The van der Waals surface area contributed by atoms with Gasteiger partial charge in [0.05, 0.1) is 25.1 Å². The maximum Gasteiger partial charge on any atom is 0.232 e. The number of hydrogen-bond donors (Lipinski definition) is 2. The molecule has 1 heterocycles. The van der Waals surface area contributed by atoms with E-state index in [1.54, 1.807) is 6.20 Å². The fourth-order valence-electron chi connectivity index (χ4n) is 1.07. The summed E-state index contributed by atoms with van der Waals surface area (Å²) in [6.07, 6.45) is 3.13. The SMILES string of the molecule is CCOc1cncc(C(CN)CO)n1. The molecule has 1 aromatic heterocycles. The van der Waals surface area contributed by atoms with Gasteiger partial charge in [0.25, 0.3) is 0 Å². The summed E-state index contributed by atoms with van der Waals surface area (Å²) < 4.78 is 5.19. The van der Waals surface area contributed by atoms with Crippen LogP contribution in [0.15, 0.2) is 12.4 Å². The molecule has 0 bridgehead atoms. The molecule has 5 heteroatoms. The molecule has 0 amide bonds. The quantitative estimate of drug-likeness (QED) is 0.689. The number of hydrogen-bond acceptors (Lipinski definition) is 5. The summed E-state index contributed by atoms with van der Waals surface area (Å²) in [6.45, 7) is 2.74. The molecular formula is C9H15N3O2. The predicted octanol–water partition coefficient (Wildman–Crippen LogP) is -0.0901. The van der Waals surface area contributed by atoms with E-state index in [0.717, 1.165) is 0 Å². The van der Waals surface area contributed by atoms with Crippen molar-refractivity contribution in [1.82, 2.24) is 9.97 Å². The first-order valence-electron chi connectivity index (χ1n) is 4.57. The van der Waals surface area contributed by atoms with Gasteiger partial charge in [0.15, 0.2) is 0 Å². The van der Waals surface area contributed by atoms with Crippen LogP contribution in [0.1, 0.15) is 18.5 Å². The van der Waals surface area contributed by atoms with E-state index < -0.39 is 0 Å². The van der Waals surface area contributed by atoms with E-state index >= 15 is 0 Å². The first-order chi connectivity index (χ1) is 6.81. The van der Waals surface area contributed by atoms with E-state index in [1.165, 1.54) is 6.20 Å². The Kier molecular flexibility index (Phi) is 4.28. The Morgan fingerprint density at radius 1 is 1.57 bits per heavy atom. The Morgan fingerprint density at radius 2 is 2.36 bits per heavy atom. The molecule has 1 unspecified atom stereocenters. The van der Waals surface area contributed by atoms with Crippen LogP contribution in [0.25, 0.3) is 0 Å². The summed E-state index contributed by atoms with van der Waals surface area (Å²) in [6, 6.07) is 0. The molecule has 14 heavy (non-hydrogen) atoms. The predicted molar refractivity (Wildman–Crippen MR) is 52.1 cm³/mol. The van der Waals surface area contributed by atoms with Crippen LogP contribution in [0.2, 0.25) is 0 Å². The third-order valence-corrected chi connectivity index (χ3v) is 1.85. The highest BCUT2D eigenvalue weighted by molar-refractivity contribution is 5.12. The molecule has 0 spiro atoms. The summed E-state index contributed by atoms with van der Waals surface area (Å²) >= 11 is 0. The molecule has 1 aromatic rings. The van der Waals surface area contributed by atoms with Gasteiger partial charge in [-0.15, -0.1) is 0 Å². The van der Waals surface area contributed by atoms with Crippen LogP contribution in [-0.4, -0.2) is 34.8 Å². The molecule has 78 valence electrons. The van der Waals surface area contributed by atoms with E-state index in [9.17, 15) is 0 Å². The average Bonchev–Trinajstić information content (AvgIpc) is 2.21. The highest BCUT2D eigenvalue weighted by Crippen LogP contribution is 2.13. The molecule has 0 saturated heterocycles. The lowest BCUT2D eigenvalue weighted by Gasteiger charge is -2.11. The number of aliphatic hydroxyl groups is 1. The zero-order chi connectivity index (χ0) is 10.4. The van der Waals surface area contributed by atoms with Crippen molar-refractivity contribution in [2.75, 3.05) is 19.8 Å². The Balaban J connectivity index is 2.81. The molecule has 0 aliphatic rings. The largest absolute Gasteiger partial charge is 0.477 e. The number of ether oxygens (including phenoxy) is 1. The highest BCUT2D eigenvalue weighted by atomic mass is 16.5. The minimum absolute atomic E-state index is 0.0270. The Bertz CT molecular complexity index is 277. The van der Waals surface area contributed by atoms with Gasteiger partial charge in [0, 0.05) is 18.7 Å². The molecule has 0 radical (unpaired) electrons. The Hall–Kier alpha value is -1.20. The molecule has 0 aliphatic carbocycles. The highest BCUT2D eigenvalue weighted by Gasteiger charge is 2.11. The number of nitrogens with two attached hydrogens (primary N) is 1. The van der Waals surface area contributed by atoms with E-state index in [-0.39, 0.29) is 12.5 Å². The lowest BCUT2D eigenvalue weighted by atomic mass is 10.1. The minimum atomic E-state index is -0.164. The lowest BCUT2D eigenvalue weighted by Crippen LogP contribution is -2.17. The van der Waals surface area contributed by atoms with E-state index in [1.807, 2.05) is 6.92 Å². The minimum Gasteiger partial charge on any atom is -0.477 e. The zero-order valence-electron chi connectivity index (χ0n) is 8.18. The van der Waals surface area contributed by atoms with Crippen LogP contribution in [-0.2, 0) is 0 Å². The van der Waals surface area contributed by atoms with Crippen LogP contribution in [0.4, 0.5) is 0 Å². The summed E-state index contributed by atoms with van der Waals surface area (Å²) in [7, 11) is 0. The fourth-order valence-corrected chi connectivity index (χ4v) is 1.07. The van der Waals surface area contributed by atoms with E-state index in [4.69, 9.17) is 15.6 Å². The van der Waals surface area contributed by atoms with Gasteiger partial charge in [-0.3, -0.25) is 4.98 Å². The number of aromatic nitrogens is 2. The van der Waals surface area contributed by atoms with Crippen molar-refractivity contribution < 1.29 is 9.84 Å². The molecule has 0 aliphatic heterocycles. The maximum absolute atomic E-state index is 9.01. The zero-order valence-corrected chi connectivity index (χ0v) is 8.18. The van der Waals surface area contributed by atoms with Crippen LogP contribution < -0.4 is 10.5 Å². The van der Waals surface area contributed by atoms with Gasteiger partial charge < -0.3 is 15.6 Å². The van der Waals surface area contributed by atoms with Crippen LogP contribution in [0, 0.1) is 0 Å². The van der Waals surface area contributed by atoms with Gasteiger partial charge in [0.2, 0.25) is 5.88 Å². The molecule has 3 N–H and O–H groups in total. The van der Waals surface area contributed by atoms with E-state index in [0.29, 0.717) is 24.7 Å². The summed E-state index contributed by atoms with van der Waals surface area (Å²) in [5, 5.41) is 9.01. The van der Waals surface area contributed by atoms with Crippen molar-refractivity contribution in [2.24, 2.45) is 5.73 Å². The summed E-state index contributed by atoms with van der Waals surface area (Å²) in [5.41, 5.74) is 6.14. The monoisotopic (exact) mass is 197 g/mol. The second-order valence-electron chi connectivity index (χ2n) is 2.83. The normalized spacial score (nSPS) is 12.5. The second kappa shape index (κ2) is 5.51. The average molecular weight is 197 g/mol. The lowest BCUT2D eigenvalue weighted by molar-refractivity contribution is 0.263. The first-order valence-corrected chi connectivity index (χ1v) is 4.57. The molecule has 0 fully saturated rings. The first kappa shape index (κ1) is 10.9. The molecule has 5 nitrogen and oxygen atoms in total. The van der Waals surface area contributed by atoms with Gasteiger partial charge in [-0.2, -0.15) is 0 Å². The van der Waals surface area contributed by atoms with Gasteiger partial charge in [-0.25, -0.2) is 4.98 Å². The van der Waals surface area contributed by atoms with Gasteiger partial charge in [0.1, 0.15) is 0 Å². The van der Waals surface area contributed by atoms with Crippen molar-refractivity contribution in [3.05, 3.63) is 18.1 Å². The number of rotatable bonds is 5. The Labute approximate surface area is 82.9 Å². The number of aliphatic hydroxyl groups excluding tert-OH is 1. The molecule has 1 rings (SSSR count). The Morgan fingerprint density at radius 3 is 2.93 bits per heavy atom. The second-order valence-corrected chi connectivity index (χ2v) is 2.83. The van der Waals surface area contributed by atoms with E-state index in [2.05, 4.69) is 9.97 Å². The van der Waals surface area contributed by atoms with Crippen LogP contribution in [0.5, 0.6) is 5.88 Å². The van der Waals surface area contributed by atoms with Gasteiger partial charge in [-0.05, 0) is 6.92 Å². The molecule has 1 atom stereocenters. The van der Waals surface area contributed by atoms with Crippen LogP contribution in [0.3, 0.4) is 0 Å². The summed E-state index contributed by atoms with van der Waals surface area (Å²) in [5.74, 6) is 0.305. The van der Waals surface area contributed by atoms with Crippen molar-refractivity contribution in [1.29, 1.82) is 0 Å². The maximum atomic E-state index is 9.01. The molecular weight excluding hydrogens is 182 g/mol.